The van der Waals surface area contributed by atoms with Crippen molar-refractivity contribution in [2.75, 3.05) is 13.1 Å². The highest BCUT2D eigenvalue weighted by Gasteiger charge is 2.20. The number of rotatable bonds is 3. The van der Waals surface area contributed by atoms with Gasteiger partial charge in [-0.05, 0) is 48.4 Å². The molecule has 1 aromatic carbocycles. The highest BCUT2D eigenvalue weighted by atomic mass is 35.5. The molecule has 1 aromatic rings. The highest BCUT2D eigenvalue weighted by Crippen LogP contribution is 2.27. The Balaban J connectivity index is 0.00000162. The van der Waals surface area contributed by atoms with E-state index in [1.165, 1.54) is 11.1 Å². The first-order valence-corrected chi connectivity index (χ1v) is 6.44. The largest absolute Gasteiger partial charge is 0.316 e. The van der Waals surface area contributed by atoms with Gasteiger partial charge in [0.1, 0.15) is 0 Å². The monoisotopic (exact) mass is 264 g/mol. The fourth-order valence-electron chi connectivity index (χ4n) is 2.57. The molecule has 1 heterocycles. The Morgan fingerprint density at radius 2 is 2.22 bits per heavy atom. The van der Waals surface area contributed by atoms with Gasteiger partial charge in [0, 0.05) is 6.54 Å². The molecule has 1 aliphatic rings. The van der Waals surface area contributed by atoms with E-state index in [1.54, 1.807) is 0 Å². The van der Waals surface area contributed by atoms with Crippen LogP contribution in [0.25, 0.3) is 0 Å². The Morgan fingerprint density at radius 3 is 2.78 bits per heavy atom. The Kier molecular flexibility index (Phi) is 5.65. The molecule has 0 bridgehead atoms. The van der Waals surface area contributed by atoms with E-state index >= 15 is 0 Å². The first-order valence-electron chi connectivity index (χ1n) is 6.44. The van der Waals surface area contributed by atoms with Gasteiger partial charge in [-0.25, -0.2) is 0 Å². The lowest BCUT2D eigenvalue weighted by molar-refractivity contribution is 0.645. The molecule has 1 saturated heterocycles. The minimum atomic E-state index is 0. The average Bonchev–Trinajstić information content (AvgIpc) is 2.81. The number of nitrogens with zero attached hydrogens (tertiary/aromatic N) is 1. The second kappa shape index (κ2) is 6.78. The summed E-state index contributed by atoms with van der Waals surface area (Å²) in [5, 5.41) is 12.6. The summed E-state index contributed by atoms with van der Waals surface area (Å²) in [6.45, 7) is 6.55. The van der Waals surface area contributed by atoms with Crippen molar-refractivity contribution in [1.82, 2.24) is 5.32 Å². The molecule has 0 amide bonds. The van der Waals surface area contributed by atoms with Crippen LogP contribution in [0.5, 0.6) is 0 Å². The molecule has 1 fully saturated rings. The summed E-state index contributed by atoms with van der Waals surface area (Å²) in [5.41, 5.74) is 3.46. The van der Waals surface area contributed by atoms with Crippen molar-refractivity contribution < 1.29 is 0 Å². The Morgan fingerprint density at radius 1 is 1.44 bits per heavy atom. The Hall–Kier alpha value is -1.04. The molecule has 0 aromatic heterocycles. The normalized spacial score (nSPS) is 18.4. The quantitative estimate of drug-likeness (QED) is 0.910. The van der Waals surface area contributed by atoms with Crippen molar-refractivity contribution in [2.24, 2.45) is 5.92 Å². The van der Waals surface area contributed by atoms with Gasteiger partial charge in [0.05, 0.1) is 11.6 Å². The minimum absolute atomic E-state index is 0. The molecule has 0 radical (unpaired) electrons. The van der Waals surface area contributed by atoms with Crippen LogP contribution in [0.1, 0.15) is 42.9 Å². The predicted octanol–water partition coefficient (Wildman–Crippen LogP) is 3.26. The summed E-state index contributed by atoms with van der Waals surface area (Å²) in [5.74, 6) is 1.19. The van der Waals surface area contributed by atoms with Gasteiger partial charge in [0.25, 0.3) is 0 Å². The van der Waals surface area contributed by atoms with E-state index in [1.807, 2.05) is 6.07 Å². The average molecular weight is 265 g/mol. The lowest BCUT2D eigenvalue weighted by Crippen LogP contribution is -2.09. The molecule has 18 heavy (non-hydrogen) atoms. The van der Waals surface area contributed by atoms with Gasteiger partial charge >= 0.3 is 0 Å². The van der Waals surface area contributed by atoms with Crippen LogP contribution < -0.4 is 5.32 Å². The SMILES string of the molecule is CC(C)Cc1ccc(C#N)c(C2CCNC2)c1.Cl. The molecule has 98 valence electrons. The van der Waals surface area contributed by atoms with Gasteiger partial charge in [0.2, 0.25) is 0 Å². The molecule has 1 atom stereocenters. The minimum Gasteiger partial charge on any atom is -0.316 e. The summed E-state index contributed by atoms with van der Waals surface area (Å²) >= 11 is 0. The predicted molar refractivity (Wildman–Crippen MR) is 77.2 cm³/mol. The molecule has 3 heteroatoms. The van der Waals surface area contributed by atoms with Crippen LogP contribution in [0.4, 0.5) is 0 Å². The lowest BCUT2D eigenvalue weighted by Gasteiger charge is -2.14. The van der Waals surface area contributed by atoms with Crippen LogP contribution in [0.3, 0.4) is 0 Å². The molecule has 2 nitrogen and oxygen atoms in total. The molecule has 0 saturated carbocycles. The third-order valence-corrected chi connectivity index (χ3v) is 3.38. The van der Waals surface area contributed by atoms with Gasteiger partial charge in [-0.15, -0.1) is 12.4 Å². The van der Waals surface area contributed by atoms with Crippen molar-refractivity contribution in [2.45, 2.75) is 32.6 Å². The maximum atomic E-state index is 9.18. The van der Waals surface area contributed by atoms with E-state index in [2.05, 4.69) is 37.4 Å². The maximum Gasteiger partial charge on any atom is 0.0994 e. The molecule has 0 aliphatic carbocycles. The molecule has 2 rings (SSSR count). The van der Waals surface area contributed by atoms with Crippen molar-refractivity contribution in [3.05, 3.63) is 34.9 Å². The number of halogens is 1. The Bertz CT molecular complexity index is 429. The van der Waals surface area contributed by atoms with Crippen LogP contribution in [-0.4, -0.2) is 13.1 Å². The van der Waals surface area contributed by atoms with E-state index < -0.39 is 0 Å². The Labute approximate surface area is 116 Å². The zero-order chi connectivity index (χ0) is 12.3. The zero-order valence-corrected chi connectivity index (χ0v) is 11.9. The lowest BCUT2D eigenvalue weighted by atomic mass is 9.90. The van der Waals surface area contributed by atoms with Crippen molar-refractivity contribution in [3.63, 3.8) is 0 Å². The molecule has 0 spiro atoms. The van der Waals surface area contributed by atoms with E-state index in [9.17, 15) is 5.26 Å². The summed E-state index contributed by atoms with van der Waals surface area (Å²) in [6.07, 6.45) is 2.25. The summed E-state index contributed by atoms with van der Waals surface area (Å²) in [4.78, 5) is 0. The molecular formula is C15H21ClN2. The van der Waals surface area contributed by atoms with Gasteiger partial charge in [-0.2, -0.15) is 5.26 Å². The fraction of sp³-hybridized carbons (Fsp3) is 0.533. The first kappa shape index (κ1) is 15.0. The summed E-state index contributed by atoms with van der Waals surface area (Å²) < 4.78 is 0. The van der Waals surface area contributed by atoms with Crippen LogP contribution in [0, 0.1) is 17.2 Å². The second-order valence-electron chi connectivity index (χ2n) is 5.32. The van der Waals surface area contributed by atoms with Crippen LogP contribution in [0.15, 0.2) is 18.2 Å². The molecule has 1 unspecified atom stereocenters. The number of hydrogen-bond acceptors (Lipinski definition) is 2. The smallest absolute Gasteiger partial charge is 0.0994 e. The van der Waals surface area contributed by atoms with Crippen molar-refractivity contribution in [1.29, 1.82) is 5.26 Å². The summed E-state index contributed by atoms with van der Waals surface area (Å²) in [7, 11) is 0. The van der Waals surface area contributed by atoms with Crippen molar-refractivity contribution >= 4 is 12.4 Å². The van der Waals surface area contributed by atoms with E-state index in [0.717, 1.165) is 31.5 Å². The molecule has 1 aliphatic heterocycles. The van der Waals surface area contributed by atoms with Gasteiger partial charge < -0.3 is 5.32 Å². The fourth-order valence-corrected chi connectivity index (χ4v) is 2.57. The third kappa shape index (κ3) is 3.48. The first-order chi connectivity index (χ1) is 8.20. The topological polar surface area (TPSA) is 35.8 Å². The van der Waals surface area contributed by atoms with Gasteiger partial charge in [0.15, 0.2) is 0 Å². The molecule has 1 N–H and O–H groups in total. The standard InChI is InChI=1S/C15H20N2.ClH/c1-11(2)7-12-3-4-13(9-16)15(8-12)14-5-6-17-10-14;/h3-4,8,11,14,17H,5-7,10H2,1-2H3;1H. The number of nitrogens with one attached hydrogen (secondary N) is 1. The van der Waals surface area contributed by atoms with E-state index in [-0.39, 0.29) is 12.4 Å². The summed E-state index contributed by atoms with van der Waals surface area (Å²) in [6, 6.07) is 8.66. The second-order valence-corrected chi connectivity index (χ2v) is 5.32. The molecular weight excluding hydrogens is 244 g/mol. The van der Waals surface area contributed by atoms with Gasteiger partial charge in [-0.3, -0.25) is 0 Å². The van der Waals surface area contributed by atoms with Gasteiger partial charge in [-0.1, -0.05) is 26.0 Å². The number of benzene rings is 1. The third-order valence-electron chi connectivity index (χ3n) is 3.38. The van der Waals surface area contributed by atoms with E-state index in [4.69, 9.17) is 0 Å². The van der Waals surface area contributed by atoms with Crippen LogP contribution >= 0.6 is 12.4 Å². The highest BCUT2D eigenvalue weighted by molar-refractivity contribution is 5.85. The number of nitriles is 1. The zero-order valence-electron chi connectivity index (χ0n) is 11.1. The number of hydrogen-bond donors (Lipinski definition) is 1. The maximum absolute atomic E-state index is 9.18. The van der Waals surface area contributed by atoms with Crippen LogP contribution in [-0.2, 0) is 6.42 Å². The van der Waals surface area contributed by atoms with Crippen molar-refractivity contribution in [3.8, 4) is 6.07 Å². The van der Waals surface area contributed by atoms with E-state index in [0.29, 0.717) is 11.8 Å². The van der Waals surface area contributed by atoms with Crippen LogP contribution in [0.2, 0.25) is 0 Å².